The number of carbonyl (C=O) groups is 1. The van der Waals surface area contributed by atoms with Gasteiger partial charge in [-0.3, -0.25) is 4.79 Å². The maximum absolute atomic E-state index is 13.5. The number of benzene rings is 1. The summed E-state index contributed by atoms with van der Waals surface area (Å²) in [5.74, 6) is -0.524. The number of nitrogens with one attached hydrogen (secondary N) is 3. The maximum Gasteiger partial charge on any atom is 0.419 e. The lowest BCUT2D eigenvalue weighted by molar-refractivity contribution is -0.137. The standard InChI is InChI=1S/C19H17F5N6O/c1-10-15(9-30(29-10)18(20)21)28-16-7-14(12(8-26-16)19(22,23)24)27-13-6-4-3-5-11(13)17(31)25-2/h3-9,18H,1-2H3,(H,25,31)(H2,26,27,28). The first-order valence-electron chi connectivity index (χ1n) is 8.86. The van der Waals surface area contributed by atoms with E-state index in [2.05, 4.69) is 26.0 Å². The van der Waals surface area contributed by atoms with Gasteiger partial charge in [0.05, 0.1) is 40.1 Å². The first-order valence-corrected chi connectivity index (χ1v) is 8.86. The molecular weight excluding hydrogens is 423 g/mol. The number of aromatic nitrogens is 3. The number of alkyl halides is 5. The van der Waals surface area contributed by atoms with Crippen LogP contribution in [-0.4, -0.2) is 27.7 Å². The van der Waals surface area contributed by atoms with Crippen molar-refractivity contribution in [3.63, 3.8) is 0 Å². The van der Waals surface area contributed by atoms with E-state index < -0.39 is 24.2 Å². The summed E-state index contributed by atoms with van der Waals surface area (Å²) >= 11 is 0. The van der Waals surface area contributed by atoms with Crippen LogP contribution in [-0.2, 0) is 6.18 Å². The summed E-state index contributed by atoms with van der Waals surface area (Å²) in [5, 5.41) is 11.4. The molecule has 3 rings (SSSR count). The molecule has 1 amide bonds. The second-order valence-corrected chi connectivity index (χ2v) is 6.37. The van der Waals surface area contributed by atoms with Crippen molar-refractivity contribution in [1.82, 2.24) is 20.1 Å². The predicted molar refractivity (Wildman–Crippen MR) is 104 cm³/mol. The van der Waals surface area contributed by atoms with Crippen molar-refractivity contribution in [3.05, 3.63) is 59.5 Å². The molecule has 0 unspecified atom stereocenters. The number of anilines is 4. The summed E-state index contributed by atoms with van der Waals surface area (Å²) in [5.41, 5.74) is -0.791. The molecule has 2 aromatic heterocycles. The fraction of sp³-hybridized carbons (Fsp3) is 0.211. The summed E-state index contributed by atoms with van der Waals surface area (Å²) in [6.07, 6.45) is -3.10. The number of hydrogen-bond acceptors (Lipinski definition) is 5. The number of halogens is 5. The van der Waals surface area contributed by atoms with E-state index in [-0.39, 0.29) is 34.1 Å². The van der Waals surface area contributed by atoms with Gasteiger partial charge in [-0.2, -0.15) is 27.1 Å². The number of para-hydroxylation sites is 1. The molecule has 0 saturated heterocycles. The van der Waals surface area contributed by atoms with Crippen LogP contribution in [0.5, 0.6) is 0 Å². The second-order valence-electron chi connectivity index (χ2n) is 6.37. The molecule has 0 aliphatic heterocycles. The Morgan fingerprint density at radius 1 is 1.10 bits per heavy atom. The third-order valence-electron chi connectivity index (χ3n) is 4.26. The van der Waals surface area contributed by atoms with Gasteiger partial charge in [-0.15, -0.1) is 0 Å². The third kappa shape index (κ3) is 4.90. The molecule has 0 aliphatic rings. The zero-order valence-electron chi connectivity index (χ0n) is 16.3. The Balaban J connectivity index is 2.00. The van der Waals surface area contributed by atoms with E-state index >= 15 is 0 Å². The quantitative estimate of drug-likeness (QED) is 0.478. The smallest absolute Gasteiger partial charge is 0.355 e. The van der Waals surface area contributed by atoms with Crippen molar-refractivity contribution in [3.8, 4) is 0 Å². The van der Waals surface area contributed by atoms with Crippen molar-refractivity contribution >= 4 is 28.8 Å². The topological polar surface area (TPSA) is 83.9 Å². The number of aryl methyl sites for hydroxylation is 1. The molecular formula is C19H17F5N6O. The zero-order valence-corrected chi connectivity index (χ0v) is 16.3. The van der Waals surface area contributed by atoms with E-state index in [1.165, 1.54) is 26.1 Å². The van der Waals surface area contributed by atoms with Gasteiger partial charge in [0, 0.05) is 19.3 Å². The summed E-state index contributed by atoms with van der Waals surface area (Å²) < 4.78 is 66.6. The number of pyridine rings is 1. The molecule has 3 N–H and O–H groups in total. The highest BCUT2D eigenvalue weighted by Crippen LogP contribution is 2.37. The Morgan fingerprint density at radius 3 is 2.42 bits per heavy atom. The van der Waals surface area contributed by atoms with Gasteiger partial charge in [0.2, 0.25) is 0 Å². The highest BCUT2D eigenvalue weighted by atomic mass is 19.4. The first kappa shape index (κ1) is 22.0. The number of amides is 1. The highest BCUT2D eigenvalue weighted by molar-refractivity contribution is 6.00. The van der Waals surface area contributed by atoms with Gasteiger partial charge >= 0.3 is 12.7 Å². The molecule has 3 aromatic rings. The van der Waals surface area contributed by atoms with E-state index in [1.807, 2.05) is 0 Å². The Morgan fingerprint density at radius 2 is 1.81 bits per heavy atom. The summed E-state index contributed by atoms with van der Waals surface area (Å²) in [7, 11) is 1.40. The molecule has 0 atom stereocenters. The van der Waals surface area contributed by atoms with Crippen LogP contribution >= 0.6 is 0 Å². The lowest BCUT2D eigenvalue weighted by Crippen LogP contribution is -2.19. The van der Waals surface area contributed by atoms with Crippen LogP contribution in [0.4, 0.5) is 44.8 Å². The van der Waals surface area contributed by atoms with E-state index in [9.17, 15) is 26.7 Å². The molecule has 0 spiro atoms. The summed E-state index contributed by atoms with van der Waals surface area (Å²) in [4.78, 5) is 15.8. The Bertz CT molecular complexity index is 1100. The maximum atomic E-state index is 13.5. The van der Waals surface area contributed by atoms with Crippen LogP contribution in [0.3, 0.4) is 0 Å². The lowest BCUT2D eigenvalue weighted by atomic mass is 10.1. The Kier molecular flexibility index (Phi) is 6.09. The first-order chi connectivity index (χ1) is 14.6. The minimum atomic E-state index is -4.73. The fourth-order valence-electron chi connectivity index (χ4n) is 2.77. The van der Waals surface area contributed by atoms with Gasteiger partial charge in [0.15, 0.2) is 0 Å². The van der Waals surface area contributed by atoms with Crippen LogP contribution in [0.15, 0.2) is 42.7 Å². The van der Waals surface area contributed by atoms with Crippen LogP contribution in [0.1, 0.15) is 28.2 Å². The fourth-order valence-corrected chi connectivity index (χ4v) is 2.77. The van der Waals surface area contributed by atoms with Crippen LogP contribution in [0.25, 0.3) is 0 Å². The second kappa shape index (κ2) is 8.58. The SMILES string of the molecule is CNC(=O)c1ccccc1Nc1cc(Nc2cn(C(F)F)nc2C)ncc1C(F)(F)F. The van der Waals surface area contributed by atoms with Crippen molar-refractivity contribution in [2.24, 2.45) is 0 Å². The van der Waals surface area contributed by atoms with Gasteiger partial charge in [-0.05, 0) is 19.1 Å². The number of hydrogen-bond donors (Lipinski definition) is 3. The molecule has 12 heteroatoms. The number of nitrogens with zero attached hydrogens (tertiary/aromatic N) is 3. The zero-order chi connectivity index (χ0) is 22.8. The van der Waals surface area contributed by atoms with Gasteiger partial charge < -0.3 is 16.0 Å². The van der Waals surface area contributed by atoms with Crippen molar-refractivity contribution in [2.45, 2.75) is 19.6 Å². The van der Waals surface area contributed by atoms with E-state index in [4.69, 9.17) is 0 Å². The average molecular weight is 440 g/mol. The summed E-state index contributed by atoms with van der Waals surface area (Å²) in [6, 6.07) is 7.11. The molecule has 31 heavy (non-hydrogen) atoms. The molecule has 164 valence electrons. The molecule has 0 saturated carbocycles. The molecule has 1 aromatic carbocycles. The van der Waals surface area contributed by atoms with E-state index in [1.54, 1.807) is 12.1 Å². The summed E-state index contributed by atoms with van der Waals surface area (Å²) in [6.45, 7) is -1.40. The Labute approximate surface area is 173 Å². The monoisotopic (exact) mass is 440 g/mol. The lowest BCUT2D eigenvalue weighted by Gasteiger charge is -2.17. The third-order valence-corrected chi connectivity index (χ3v) is 4.26. The molecule has 0 fully saturated rings. The minimum Gasteiger partial charge on any atom is -0.355 e. The van der Waals surface area contributed by atoms with Crippen LogP contribution < -0.4 is 16.0 Å². The number of carbonyl (C=O) groups excluding carboxylic acids is 1. The van der Waals surface area contributed by atoms with Crippen molar-refractivity contribution in [1.29, 1.82) is 0 Å². The minimum absolute atomic E-state index is 0.0372. The molecule has 7 nitrogen and oxygen atoms in total. The van der Waals surface area contributed by atoms with Crippen LogP contribution in [0.2, 0.25) is 0 Å². The average Bonchev–Trinajstić information content (AvgIpc) is 3.08. The highest BCUT2D eigenvalue weighted by Gasteiger charge is 2.34. The van der Waals surface area contributed by atoms with Gasteiger partial charge in [0.25, 0.3) is 5.91 Å². The Hall–Kier alpha value is -3.70. The van der Waals surface area contributed by atoms with Crippen molar-refractivity contribution in [2.75, 3.05) is 17.7 Å². The normalized spacial score (nSPS) is 11.5. The predicted octanol–water partition coefficient (Wildman–Crippen LogP) is 4.85. The molecule has 2 heterocycles. The largest absolute Gasteiger partial charge is 0.419 e. The van der Waals surface area contributed by atoms with Gasteiger partial charge in [-0.1, -0.05) is 12.1 Å². The van der Waals surface area contributed by atoms with E-state index in [0.717, 1.165) is 12.3 Å². The van der Waals surface area contributed by atoms with Crippen LogP contribution in [0, 0.1) is 6.92 Å². The van der Waals surface area contributed by atoms with E-state index in [0.29, 0.717) is 10.9 Å². The number of rotatable bonds is 6. The molecule has 0 aliphatic carbocycles. The van der Waals surface area contributed by atoms with Crippen molar-refractivity contribution < 1.29 is 26.7 Å². The van der Waals surface area contributed by atoms with Gasteiger partial charge in [0.1, 0.15) is 5.82 Å². The molecule has 0 radical (unpaired) electrons. The van der Waals surface area contributed by atoms with Gasteiger partial charge in [-0.25, -0.2) is 9.67 Å². The molecule has 0 bridgehead atoms.